The lowest BCUT2D eigenvalue weighted by Crippen LogP contribution is -2.24. The zero-order valence-corrected chi connectivity index (χ0v) is 21.6. The van der Waals surface area contributed by atoms with E-state index in [0.29, 0.717) is 37.4 Å². The van der Waals surface area contributed by atoms with Gasteiger partial charge in [0.25, 0.3) is 5.91 Å². The quantitative estimate of drug-likeness (QED) is 0.512. The number of nitrogens with one attached hydrogen (secondary N) is 1. The largest absolute Gasteiger partial charge is 0.348 e. The van der Waals surface area contributed by atoms with E-state index < -0.39 is 39.8 Å². The number of carbonyl (C=O) groups excluding carboxylic acids is 1. The maximum absolute atomic E-state index is 13.8. The molecule has 5 rings (SSSR count). The molecule has 4 atom stereocenters. The lowest BCUT2D eigenvalue weighted by atomic mass is 9.98. The number of anilines is 1. The Bertz CT molecular complexity index is 1280. The van der Waals surface area contributed by atoms with Gasteiger partial charge in [-0.2, -0.15) is 5.10 Å². The van der Waals surface area contributed by atoms with Gasteiger partial charge >= 0.3 is 0 Å². The van der Waals surface area contributed by atoms with E-state index in [4.69, 9.17) is 9.47 Å². The van der Waals surface area contributed by atoms with Gasteiger partial charge < -0.3 is 14.8 Å². The van der Waals surface area contributed by atoms with Crippen LogP contribution in [-0.4, -0.2) is 60.2 Å². The van der Waals surface area contributed by atoms with Crippen molar-refractivity contribution in [1.82, 2.24) is 9.78 Å². The molecule has 2 saturated carbocycles. The summed E-state index contributed by atoms with van der Waals surface area (Å²) in [7, 11) is -3.38. The van der Waals surface area contributed by atoms with Crippen LogP contribution in [0.5, 0.6) is 0 Å². The van der Waals surface area contributed by atoms with E-state index in [2.05, 4.69) is 10.4 Å². The number of carbonyl (C=O) groups is 1. The number of hydrogen-bond donors (Lipinski definition) is 1. The number of ether oxygens (including phenoxy) is 2. The second-order valence-electron chi connectivity index (χ2n) is 10.4. The summed E-state index contributed by atoms with van der Waals surface area (Å²) in [4.78, 5) is 13.5. The Morgan fingerprint density at radius 1 is 1.16 bits per heavy atom. The van der Waals surface area contributed by atoms with Crippen molar-refractivity contribution in [2.24, 2.45) is 5.92 Å². The third-order valence-corrected chi connectivity index (χ3v) is 9.17. The van der Waals surface area contributed by atoms with Gasteiger partial charge in [-0.05, 0) is 63.1 Å². The maximum Gasteiger partial charge on any atom is 0.257 e. The minimum absolute atomic E-state index is 0.0134. The summed E-state index contributed by atoms with van der Waals surface area (Å²) in [5, 5.41) is 6.80. The Morgan fingerprint density at radius 3 is 2.43 bits per heavy atom. The number of rotatable bonds is 8. The summed E-state index contributed by atoms with van der Waals surface area (Å²) in [6, 6.07) is 7.73. The molecule has 11 heteroatoms. The highest BCUT2D eigenvalue weighted by Gasteiger charge is 2.37. The summed E-state index contributed by atoms with van der Waals surface area (Å²) in [5.74, 6) is -1.30. The standard InChI is InChI=1S/C26H31F2N3O5S/c1-26(2)35-15-18(36-26)14-31-10-9-24(30-31)29-25(32)21(11-16-12-22(27)23(28)13-16)17-3-5-19(6-4-17)37(33,34)20-7-8-20/h3-6,9-11,16,18,20,22-23H,7-8,12-15H2,1-2H3,(H,29,30,32)/t16?,18-,22-,23+/m0/s1. The van der Waals surface area contributed by atoms with Crippen LogP contribution in [-0.2, 0) is 30.7 Å². The molecule has 1 unspecified atom stereocenters. The average molecular weight is 536 g/mol. The van der Waals surface area contributed by atoms with Crippen molar-refractivity contribution < 1.29 is 31.5 Å². The first kappa shape index (κ1) is 26.0. The molecule has 37 heavy (non-hydrogen) atoms. The summed E-state index contributed by atoms with van der Waals surface area (Å²) < 4.78 is 65.8. The van der Waals surface area contributed by atoms with Crippen molar-refractivity contribution in [2.45, 2.75) is 80.5 Å². The molecule has 3 aliphatic rings. The van der Waals surface area contributed by atoms with Gasteiger partial charge in [-0.1, -0.05) is 18.2 Å². The summed E-state index contributed by atoms with van der Waals surface area (Å²) in [5.41, 5.74) is 0.675. The van der Waals surface area contributed by atoms with Crippen molar-refractivity contribution in [3.8, 4) is 0 Å². The number of aromatic nitrogens is 2. The molecule has 1 saturated heterocycles. The molecule has 1 N–H and O–H groups in total. The minimum atomic E-state index is -3.38. The Labute approximate surface area is 214 Å². The van der Waals surface area contributed by atoms with Crippen molar-refractivity contribution in [1.29, 1.82) is 0 Å². The van der Waals surface area contributed by atoms with Crippen LogP contribution in [0.2, 0.25) is 0 Å². The van der Waals surface area contributed by atoms with Gasteiger partial charge in [0.1, 0.15) is 18.4 Å². The molecule has 8 nitrogen and oxygen atoms in total. The second kappa shape index (κ2) is 9.92. The number of nitrogens with zero attached hydrogens (tertiary/aromatic N) is 2. The van der Waals surface area contributed by atoms with Gasteiger partial charge in [0.2, 0.25) is 0 Å². The van der Waals surface area contributed by atoms with Crippen molar-refractivity contribution in [3.05, 3.63) is 48.2 Å². The molecular formula is C26H31F2N3O5S. The number of allylic oxidation sites excluding steroid dienone is 1. The summed E-state index contributed by atoms with van der Waals surface area (Å²) >= 11 is 0. The van der Waals surface area contributed by atoms with E-state index in [1.54, 1.807) is 35.2 Å². The van der Waals surface area contributed by atoms with E-state index in [1.165, 1.54) is 12.1 Å². The van der Waals surface area contributed by atoms with Gasteiger partial charge in [0, 0.05) is 17.8 Å². The molecule has 0 radical (unpaired) electrons. The van der Waals surface area contributed by atoms with Gasteiger partial charge in [-0.3, -0.25) is 9.48 Å². The molecule has 0 bridgehead atoms. The number of amides is 1. The van der Waals surface area contributed by atoms with Crippen molar-refractivity contribution in [2.75, 3.05) is 11.9 Å². The topological polar surface area (TPSA) is 99.5 Å². The summed E-state index contributed by atoms with van der Waals surface area (Å²) in [6.07, 6.45) is 1.25. The van der Waals surface area contributed by atoms with Crippen LogP contribution >= 0.6 is 0 Å². The molecule has 2 heterocycles. The van der Waals surface area contributed by atoms with E-state index in [1.807, 2.05) is 13.8 Å². The Balaban J connectivity index is 1.34. The molecule has 1 aromatic carbocycles. The normalized spacial score (nSPS) is 27.9. The highest BCUT2D eigenvalue weighted by Crippen LogP contribution is 2.36. The van der Waals surface area contributed by atoms with Gasteiger partial charge in [0.15, 0.2) is 21.4 Å². The first-order valence-corrected chi connectivity index (χ1v) is 14.1. The number of alkyl halides is 2. The Kier molecular flexibility index (Phi) is 6.97. The van der Waals surface area contributed by atoms with E-state index in [9.17, 15) is 22.0 Å². The zero-order valence-electron chi connectivity index (χ0n) is 20.8. The number of benzene rings is 1. The maximum atomic E-state index is 13.8. The van der Waals surface area contributed by atoms with E-state index in [-0.39, 0.29) is 34.7 Å². The van der Waals surface area contributed by atoms with Crippen LogP contribution in [0.4, 0.5) is 14.6 Å². The Hall–Kier alpha value is -2.63. The number of halogens is 2. The van der Waals surface area contributed by atoms with Gasteiger partial charge in [-0.25, -0.2) is 17.2 Å². The fourth-order valence-electron chi connectivity index (χ4n) is 4.82. The lowest BCUT2D eigenvalue weighted by Gasteiger charge is -2.17. The predicted octanol–water partition coefficient (Wildman–Crippen LogP) is 4.08. The first-order valence-electron chi connectivity index (χ1n) is 12.5. The van der Waals surface area contributed by atoms with E-state index in [0.717, 1.165) is 0 Å². The highest BCUT2D eigenvalue weighted by atomic mass is 32.2. The number of hydrogen-bond acceptors (Lipinski definition) is 6. The second-order valence-corrected chi connectivity index (χ2v) is 12.7. The van der Waals surface area contributed by atoms with Crippen LogP contribution in [0.1, 0.15) is 45.1 Å². The lowest BCUT2D eigenvalue weighted by molar-refractivity contribution is -0.139. The molecule has 1 aliphatic heterocycles. The van der Waals surface area contributed by atoms with Crippen LogP contribution in [0.15, 0.2) is 47.5 Å². The molecule has 1 amide bonds. The zero-order chi connectivity index (χ0) is 26.4. The SMILES string of the molecule is CC1(C)OC[C@H](Cn2ccc(NC(=O)C(=CC3C[C@@H](F)[C@@H](F)C3)c3ccc(S(=O)(=O)C4CC4)cc3)n2)O1. The third-order valence-electron chi connectivity index (χ3n) is 6.89. The molecular weight excluding hydrogens is 504 g/mol. The van der Waals surface area contributed by atoms with Gasteiger partial charge in [-0.15, -0.1) is 0 Å². The molecule has 200 valence electrons. The number of sulfone groups is 1. The molecule has 3 fully saturated rings. The molecule has 0 spiro atoms. The average Bonchev–Trinajstić information content (AvgIpc) is 3.44. The fourth-order valence-corrected chi connectivity index (χ4v) is 6.47. The first-order chi connectivity index (χ1) is 17.5. The third kappa shape index (κ3) is 5.94. The van der Waals surface area contributed by atoms with E-state index >= 15 is 0 Å². The molecule has 2 aromatic rings. The van der Waals surface area contributed by atoms with Crippen molar-refractivity contribution >= 4 is 27.1 Å². The molecule has 1 aromatic heterocycles. The predicted molar refractivity (Wildman–Crippen MR) is 133 cm³/mol. The molecule has 2 aliphatic carbocycles. The van der Waals surface area contributed by atoms with Crippen LogP contribution in [0.3, 0.4) is 0 Å². The minimum Gasteiger partial charge on any atom is -0.348 e. The van der Waals surface area contributed by atoms with Crippen molar-refractivity contribution in [3.63, 3.8) is 0 Å². The summed E-state index contributed by atoms with van der Waals surface area (Å²) in [6.45, 7) is 4.55. The fraction of sp³-hybridized carbons (Fsp3) is 0.538. The Morgan fingerprint density at radius 2 is 1.84 bits per heavy atom. The highest BCUT2D eigenvalue weighted by molar-refractivity contribution is 7.92. The van der Waals surface area contributed by atoms with Crippen LogP contribution < -0.4 is 5.32 Å². The van der Waals surface area contributed by atoms with Crippen LogP contribution in [0.25, 0.3) is 5.57 Å². The monoisotopic (exact) mass is 535 g/mol. The smallest absolute Gasteiger partial charge is 0.257 e. The van der Waals surface area contributed by atoms with Crippen LogP contribution in [0, 0.1) is 5.92 Å². The van der Waals surface area contributed by atoms with Gasteiger partial charge in [0.05, 0.1) is 23.3 Å².